The molecule has 1 unspecified atom stereocenters. The minimum absolute atomic E-state index is 0.356. The van der Waals surface area contributed by atoms with Crippen LogP contribution < -0.4 is 5.32 Å². The van der Waals surface area contributed by atoms with Gasteiger partial charge < -0.3 is 15.3 Å². The van der Waals surface area contributed by atoms with Crippen LogP contribution in [0.25, 0.3) is 0 Å². The zero-order valence-electron chi connectivity index (χ0n) is 10.2. The molecule has 0 bridgehead atoms. The molecule has 3 rings (SSSR count). The third-order valence-electron chi connectivity index (χ3n) is 3.90. The van der Waals surface area contributed by atoms with Gasteiger partial charge >= 0.3 is 0 Å². The van der Waals surface area contributed by atoms with Crippen LogP contribution in [0, 0.1) is 5.92 Å². The van der Waals surface area contributed by atoms with E-state index in [-0.39, 0.29) is 0 Å². The van der Waals surface area contributed by atoms with Crippen LogP contribution in [0.4, 0.5) is 5.69 Å². The highest BCUT2D eigenvalue weighted by atomic mass is 16.3. The topological polar surface area (TPSA) is 35.5 Å². The van der Waals surface area contributed by atoms with Gasteiger partial charge in [0, 0.05) is 24.8 Å². The number of hydrogen-bond acceptors (Lipinski definition) is 3. The Bertz CT molecular complexity index is 399. The van der Waals surface area contributed by atoms with Crippen LogP contribution in [0.3, 0.4) is 0 Å². The lowest BCUT2D eigenvalue weighted by Crippen LogP contribution is -2.34. The van der Waals surface area contributed by atoms with Gasteiger partial charge in [0.25, 0.3) is 0 Å². The molecule has 3 nitrogen and oxygen atoms in total. The van der Waals surface area contributed by atoms with E-state index in [2.05, 4.69) is 10.2 Å². The number of rotatable bonds is 2. The summed E-state index contributed by atoms with van der Waals surface area (Å²) < 4.78 is 0. The molecule has 3 heteroatoms. The summed E-state index contributed by atoms with van der Waals surface area (Å²) >= 11 is 0. The van der Waals surface area contributed by atoms with Crippen molar-refractivity contribution in [1.82, 2.24) is 4.90 Å². The summed E-state index contributed by atoms with van der Waals surface area (Å²) in [5.74, 6) is 1.07. The molecule has 17 heavy (non-hydrogen) atoms. The van der Waals surface area contributed by atoms with Gasteiger partial charge in [-0.15, -0.1) is 0 Å². The van der Waals surface area contributed by atoms with Crippen LogP contribution in [0.2, 0.25) is 0 Å². The first-order valence-corrected chi connectivity index (χ1v) is 6.59. The van der Waals surface area contributed by atoms with Crippen molar-refractivity contribution < 1.29 is 5.11 Å². The molecular formula is C14H20N2O. The normalized spacial score (nSPS) is 24.4. The van der Waals surface area contributed by atoms with Gasteiger partial charge in [0.2, 0.25) is 0 Å². The predicted octanol–water partition coefficient (Wildman–Crippen LogP) is 2.07. The summed E-state index contributed by atoms with van der Waals surface area (Å²) in [7, 11) is 0. The van der Waals surface area contributed by atoms with Gasteiger partial charge in [-0.05, 0) is 49.9 Å². The molecule has 0 aliphatic carbocycles. The maximum atomic E-state index is 9.44. The van der Waals surface area contributed by atoms with Crippen molar-refractivity contribution in [1.29, 1.82) is 0 Å². The smallest absolute Gasteiger partial charge is 0.117 e. The highest BCUT2D eigenvalue weighted by Gasteiger charge is 2.22. The summed E-state index contributed by atoms with van der Waals surface area (Å²) in [5, 5.41) is 12.9. The number of nitrogens with zero attached hydrogens (tertiary/aromatic N) is 1. The molecular weight excluding hydrogens is 212 g/mol. The van der Waals surface area contributed by atoms with Crippen LogP contribution >= 0.6 is 0 Å². The molecule has 1 aromatic rings. The highest BCUT2D eigenvalue weighted by Crippen LogP contribution is 2.28. The van der Waals surface area contributed by atoms with E-state index in [0.717, 1.165) is 18.7 Å². The number of hydrogen-bond donors (Lipinski definition) is 2. The Morgan fingerprint density at radius 3 is 2.94 bits per heavy atom. The Hall–Kier alpha value is -1.22. The summed E-state index contributed by atoms with van der Waals surface area (Å²) in [5.41, 5.74) is 2.46. The third kappa shape index (κ3) is 2.39. The molecule has 2 aliphatic rings. The number of phenolic OH excluding ortho intramolecular Hbond substituents is 1. The monoisotopic (exact) mass is 232 g/mol. The van der Waals surface area contributed by atoms with Crippen LogP contribution in [0.5, 0.6) is 5.75 Å². The van der Waals surface area contributed by atoms with Gasteiger partial charge in [0.15, 0.2) is 0 Å². The Balaban J connectivity index is 1.65. The standard InChI is InChI=1S/C14H20N2O/c17-13-4-3-12-7-11(9-15-14(12)8-13)10-16-5-1-2-6-16/h3-4,8,11,15,17H,1-2,5-7,9-10H2. The summed E-state index contributed by atoms with van der Waals surface area (Å²) in [6.07, 6.45) is 3.87. The van der Waals surface area contributed by atoms with Gasteiger partial charge in [-0.1, -0.05) is 6.07 Å². The van der Waals surface area contributed by atoms with Crippen LogP contribution in [0.15, 0.2) is 18.2 Å². The Labute approximate surface area is 102 Å². The molecule has 0 aromatic heterocycles. The SMILES string of the molecule is Oc1ccc2c(c1)NCC(CN1CCCC1)C2. The van der Waals surface area contributed by atoms with E-state index < -0.39 is 0 Å². The molecule has 0 saturated carbocycles. The van der Waals surface area contributed by atoms with Gasteiger partial charge in [0.1, 0.15) is 5.75 Å². The van der Waals surface area contributed by atoms with Gasteiger partial charge in [-0.25, -0.2) is 0 Å². The number of aromatic hydroxyl groups is 1. The quantitative estimate of drug-likeness (QED) is 0.819. The van der Waals surface area contributed by atoms with E-state index in [4.69, 9.17) is 0 Å². The number of anilines is 1. The molecule has 2 heterocycles. The average Bonchev–Trinajstić information content (AvgIpc) is 2.82. The largest absolute Gasteiger partial charge is 0.508 e. The maximum absolute atomic E-state index is 9.44. The summed E-state index contributed by atoms with van der Waals surface area (Å²) in [4.78, 5) is 2.58. The second-order valence-corrected chi connectivity index (χ2v) is 5.30. The minimum Gasteiger partial charge on any atom is -0.508 e. The van der Waals surface area contributed by atoms with Crippen molar-refractivity contribution in [3.8, 4) is 5.75 Å². The second-order valence-electron chi connectivity index (χ2n) is 5.30. The van der Waals surface area contributed by atoms with Crippen molar-refractivity contribution in [2.75, 3.05) is 31.5 Å². The first-order valence-electron chi connectivity index (χ1n) is 6.59. The first-order chi connectivity index (χ1) is 8.31. The zero-order chi connectivity index (χ0) is 11.7. The fourth-order valence-electron chi connectivity index (χ4n) is 3.00. The second kappa shape index (κ2) is 4.57. The molecule has 0 spiro atoms. The van der Waals surface area contributed by atoms with Crippen LogP contribution in [-0.4, -0.2) is 36.2 Å². The van der Waals surface area contributed by atoms with E-state index in [1.165, 1.54) is 38.0 Å². The predicted molar refractivity (Wildman–Crippen MR) is 69.5 cm³/mol. The number of phenols is 1. The number of nitrogens with one attached hydrogen (secondary N) is 1. The molecule has 1 aromatic carbocycles. The molecule has 1 saturated heterocycles. The van der Waals surface area contributed by atoms with E-state index in [1.807, 2.05) is 12.1 Å². The first kappa shape index (κ1) is 10.9. The van der Waals surface area contributed by atoms with Crippen molar-refractivity contribution in [3.63, 3.8) is 0 Å². The van der Waals surface area contributed by atoms with Crippen molar-refractivity contribution in [3.05, 3.63) is 23.8 Å². The van der Waals surface area contributed by atoms with Crippen molar-refractivity contribution in [2.45, 2.75) is 19.3 Å². The van der Waals surface area contributed by atoms with E-state index in [1.54, 1.807) is 6.07 Å². The van der Waals surface area contributed by atoms with Gasteiger partial charge in [-0.3, -0.25) is 0 Å². The van der Waals surface area contributed by atoms with Crippen LogP contribution in [0.1, 0.15) is 18.4 Å². The third-order valence-corrected chi connectivity index (χ3v) is 3.90. The molecule has 1 atom stereocenters. The fraction of sp³-hybridized carbons (Fsp3) is 0.571. The minimum atomic E-state index is 0.356. The zero-order valence-corrected chi connectivity index (χ0v) is 10.2. The van der Waals surface area contributed by atoms with Crippen LogP contribution in [-0.2, 0) is 6.42 Å². The van der Waals surface area contributed by atoms with E-state index in [0.29, 0.717) is 11.7 Å². The van der Waals surface area contributed by atoms with Gasteiger partial charge in [-0.2, -0.15) is 0 Å². The molecule has 0 radical (unpaired) electrons. The number of fused-ring (bicyclic) bond motifs is 1. The van der Waals surface area contributed by atoms with Gasteiger partial charge in [0.05, 0.1) is 0 Å². The van der Waals surface area contributed by atoms with Crippen molar-refractivity contribution >= 4 is 5.69 Å². The Kier molecular flexibility index (Phi) is 2.93. The molecule has 92 valence electrons. The molecule has 0 amide bonds. The lowest BCUT2D eigenvalue weighted by atomic mass is 9.93. The molecule has 1 fully saturated rings. The van der Waals surface area contributed by atoms with E-state index >= 15 is 0 Å². The number of likely N-dealkylation sites (tertiary alicyclic amines) is 1. The van der Waals surface area contributed by atoms with Crippen molar-refractivity contribution in [2.24, 2.45) is 5.92 Å². The highest BCUT2D eigenvalue weighted by molar-refractivity contribution is 5.56. The average molecular weight is 232 g/mol. The lowest BCUT2D eigenvalue weighted by Gasteiger charge is -2.29. The molecule has 2 N–H and O–H groups in total. The number of benzene rings is 1. The molecule has 2 aliphatic heterocycles. The lowest BCUT2D eigenvalue weighted by molar-refractivity contribution is 0.280. The Morgan fingerprint density at radius 2 is 2.12 bits per heavy atom. The summed E-state index contributed by atoms with van der Waals surface area (Å²) in [6, 6.07) is 5.67. The maximum Gasteiger partial charge on any atom is 0.117 e. The fourth-order valence-corrected chi connectivity index (χ4v) is 3.00. The van der Waals surface area contributed by atoms with E-state index in [9.17, 15) is 5.11 Å². The summed E-state index contributed by atoms with van der Waals surface area (Å²) in [6.45, 7) is 4.80. The Morgan fingerprint density at radius 1 is 1.29 bits per heavy atom.